The summed E-state index contributed by atoms with van der Waals surface area (Å²) in [6.45, 7) is 6.06. The molecular weight excluding hydrogens is 284 g/mol. The van der Waals surface area contributed by atoms with Crippen LogP contribution in [0.15, 0.2) is 0 Å². The van der Waals surface area contributed by atoms with Gasteiger partial charge in [-0.25, -0.2) is 8.42 Å². The Kier molecular flexibility index (Phi) is 6.51. The number of nitrogens with zero attached hydrogens (tertiary/aromatic N) is 1. The second-order valence-corrected chi connectivity index (χ2v) is 9.29. The molecule has 0 radical (unpaired) electrons. The van der Waals surface area contributed by atoms with Crippen molar-refractivity contribution < 1.29 is 8.42 Å². The Balaban J connectivity index is 1.80. The van der Waals surface area contributed by atoms with Gasteiger partial charge in [0.25, 0.3) is 0 Å². The number of hydrogen-bond acceptors (Lipinski definition) is 4. The van der Waals surface area contributed by atoms with Crippen LogP contribution in [0.3, 0.4) is 0 Å². The Morgan fingerprint density at radius 1 is 1.14 bits per heavy atom. The van der Waals surface area contributed by atoms with E-state index in [4.69, 9.17) is 0 Å². The molecule has 1 saturated heterocycles. The van der Waals surface area contributed by atoms with Crippen LogP contribution in [0.25, 0.3) is 0 Å². The van der Waals surface area contributed by atoms with Crippen LogP contribution in [0.5, 0.6) is 0 Å². The van der Waals surface area contributed by atoms with E-state index >= 15 is 0 Å². The summed E-state index contributed by atoms with van der Waals surface area (Å²) in [5.74, 6) is 0.515. The van der Waals surface area contributed by atoms with E-state index < -0.39 is 9.84 Å². The molecule has 2 rings (SSSR count). The molecule has 0 aromatic carbocycles. The molecule has 1 aliphatic heterocycles. The highest BCUT2D eigenvalue weighted by Crippen LogP contribution is 2.25. The highest BCUT2D eigenvalue weighted by molar-refractivity contribution is 7.91. The van der Waals surface area contributed by atoms with Crippen molar-refractivity contribution in [1.82, 2.24) is 10.2 Å². The zero-order valence-electron chi connectivity index (χ0n) is 13.7. The van der Waals surface area contributed by atoms with Gasteiger partial charge in [0, 0.05) is 30.4 Å². The van der Waals surface area contributed by atoms with Crippen molar-refractivity contribution in [3.8, 4) is 0 Å². The normalized spacial score (nSPS) is 27.6. The molecule has 1 aliphatic carbocycles. The third-order valence-corrected chi connectivity index (χ3v) is 6.90. The molecule has 5 heteroatoms. The van der Waals surface area contributed by atoms with Crippen molar-refractivity contribution in [3.63, 3.8) is 0 Å². The average molecular weight is 317 g/mol. The Bertz CT molecular complexity index is 405. The minimum atomic E-state index is -2.88. The number of piperidine rings is 1. The van der Waals surface area contributed by atoms with Gasteiger partial charge in [0.1, 0.15) is 0 Å². The van der Waals surface area contributed by atoms with Crippen LogP contribution in [-0.2, 0) is 9.84 Å². The van der Waals surface area contributed by atoms with E-state index in [0.29, 0.717) is 6.04 Å². The zero-order chi connectivity index (χ0) is 15.3. The van der Waals surface area contributed by atoms with Crippen LogP contribution in [-0.4, -0.2) is 56.0 Å². The van der Waals surface area contributed by atoms with Gasteiger partial charge in [-0.3, -0.25) is 4.90 Å². The smallest absolute Gasteiger partial charge is 0.151 e. The van der Waals surface area contributed by atoms with Gasteiger partial charge in [0.2, 0.25) is 0 Å². The van der Waals surface area contributed by atoms with Gasteiger partial charge in [-0.05, 0) is 39.2 Å². The summed E-state index contributed by atoms with van der Waals surface area (Å²) in [4.78, 5) is 2.65. The molecule has 21 heavy (non-hydrogen) atoms. The fourth-order valence-corrected chi connectivity index (χ4v) is 4.96. The van der Waals surface area contributed by atoms with Gasteiger partial charge in [-0.2, -0.15) is 0 Å². The van der Waals surface area contributed by atoms with E-state index in [0.717, 1.165) is 12.6 Å². The molecule has 0 aromatic rings. The van der Waals surface area contributed by atoms with Crippen molar-refractivity contribution in [3.05, 3.63) is 0 Å². The highest BCUT2D eigenvalue weighted by Gasteiger charge is 2.28. The van der Waals surface area contributed by atoms with Crippen LogP contribution in [0.4, 0.5) is 0 Å². The maximum Gasteiger partial charge on any atom is 0.151 e. The fourth-order valence-electron chi connectivity index (χ4n) is 3.87. The number of likely N-dealkylation sites (tertiary alicyclic amines) is 1. The molecule has 4 nitrogen and oxygen atoms in total. The quantitative estimate of drug-likeness (QED) is 0.816. The molecule has 0 amide bonds. The minimum Gasteiger partial charge on any atom is -0.309 e. The van der Waals surface area contributed by atoms with Gasteiger partial charge < -0.3 is 5.32 Å². The standard InChI is InChI=1S/C16H32N2O2S/c1-3-21(19,20)13-14(2)17-15-8-7-11-18(12-15)16-9-5-4-6-10-16/h14-17H,3-13H2,1-2H3/t14-,15+/m0/s1. The lowest BCUT2D eigenvalue weighted by molar-refractivity contribution is 0.108. The zero-order valence-corrected chi connectivity index (χ0v) is 14.5. The summed E-state index contributed by atoms with van der Waals surface area (Å²) in [6, 6.07) is 1.30. The third-order valence-electron chi connectivity index (χ3n) is 5.01. The summed E-state index contributed by atoms with van der Waals surface area (Å²) in [7, 11) is -2.88. The largest absolute Gasteiger partial charge is 0.309 e. The summed E-state index contributed by atoms with van der Waals surface area (Å²) >= 11 is 0. The molecule has 124 valence electrons. The Morgan fingerprint density at radius 3 is 2.52 bits per heavy atom. The first-order chi connectivity index (χ1) is 10.00. The lowest BCUT2D eigenvalue weighted by Gasteiger charge is -2.41. The summed E-state index contributed by atoms with van der Waals surface area (Å²) in [5.41, 5.74) is 0. The van der Waals surface area contributed by atoms with E-state index in [1.807, 2.05) is 6.92 Å². The lowest BCUT2D eigenvalue weighted by Crippen LogP contribution is -2.52. The topological polar surface area (TPSA) is 49.4 Å². The molecule has 2 aliphatic rings. The molecule has 1 N–H and O–H groups in total. The maximum atomic E-state index is 11.7. The lowest BCUT2D eigenvalue weighted by atomic mass is 9.92. The third kappa shape index (κ3) is 5.53. The van der Waals surface area contributed by atoms with Crippen LogP contribution >= 0.6 is 0 Å². The average Bonchev–Trinajstić information content (AvgIpc) is 2.48. The fraction of sp³-hybridized carbons (Fsp3) is 1.00. The Labute approximate surface area is 130 Å². The van der Waals surface area contributed by atoms with Crippen molar-refractivity contribution >= 4 is 9.84 Å². The van der Waals surface area contributed by atoms with Gasteiger partial charge >= 0.3 is 0 Å². The van der Waals surface area contributed by atoms with Crippen molar-refractivity contribution in [1.29, 1.82) is 0 Å². The highest BCUT2D eigenvalue weighted by atomic mass is 32.2. The summed E-state index contributed by atoms with van der Waals surface area (Å²) < 4.78 is 23.4. The molecule has 0 unspecified atom stereocenters. The van der Waals surface area contributed by atoms with Crippen LogP contribution < -0.4 is 5.32 Å². The number of hydrogen-bond donors (Lipinski definition) is 1. The van der Waals surface area contributed by atoms with E-state index in [-0.39, 0.29) is 17.5 Å². The predicted molar refractivity (Wildman–Crippen MR) is 88.4 cm³/mol. The van der Waals surface area contributed by atoms with Gasteiger partial charge in [0.05, 0.1) is 5.75 Å². The SMILES string of the molecule is CCS(=O)(=O)C[C@H](C)N[C@@H]1CCCN(C2CCCCC2)C1. The van der Waals surface area contributed by atoms with E-state index in [1.54, 1.807) is 6.92 Å². The molecule has 2 atom stereocenters. The van der Waals surface area contributed by atoms with Gasteiger partial charge in [0.15, 0.2) is 9.84 Å². The molecule has 0 bridgehead atoms. The first-order valence-electron chi connectivity index (χ1n) is 8.70. The number of rotatable bonds is 6. The molecule has 0 spiro atoms. The van der Waals surface area contributed by atoms with Crippen molar-refractivity contribution in [2.75, 3.05) is 24.6 Å². The predicted octanol–water partition coefficient (Wildman–Crippen LogP) is 2.20. The van der Waals surface area contributed by atoms with Gasteiger partial charge in [-0.15, -0.1) is 0 Å². The van der Waals surface area contributed by atoms with E-state index in [9.17, 15) is 8.42 Å². The molecule has 2 fully saturated rings. The molecule has 1 saturated carbocycles. The molecular formula is C16H32N2O2S. The van der Waals surface area contributed by atoms with E-state index in [2.05, 4.69) is 10.2 Å². The van der Waals surface area contributed by atoms with Crippen molar-refractivity contribution in [2.45, 2.75) is 76.9 Å². The maximum absolute atomic E-state index is 11.7. The molecule has 1 heterocycles. The van der Waals surface area contributed by atoms with Gasteiger partial charge in [-0.1, -0.05) is 26.2 Å². The van der Waals surface area contributed by atoms with Crippen LogP contribution in [0.1, 0.15) is 58.8 Å². The van der Waals surface area contributed by atoms with Crippen LogP contribution in [0, 0.1) is 0 Å². The minimum absolute atomic E-state index is 0.0613. The first kappa shape index (κ1) is 17.2. The number of sulfone groups is 1. The summed E-state index contributed by atoms with van der Waals surface area (Å²) in [5, 5.41) is 3.56. The first-order valence-corrected chi connectivity index (χ1v) is 10.5. The monoisotopic (exact) mass is 316 g/mol. The van der Waals surface area contributed by atoms with Crippen LogP contribution in [0.2, 0.25) is 0 Å². The second-order valence-electron chi connectivity index (χ2n) is 6.89. The van der Waals surface area contributed by atoms with Crippen molar-refractivity contribution in [2.24, 2.45) is 0 Å². The second kappa shape index (κ2) is 7.93. The summed E-state index contributed by atoms with van der Waals surface area (Å²) in [6.07, 6.45) is 9.28. The Hall–Kier alpha value is -0.130. The number of nitrogens with one attached hydrogen (secondary N) is 1. The van der Waals surface area contributed by atoms with E-state index in [1.165, 1.54) is 51.5 Å². The Morgan fingerprint density at radius 2 is 1.86 bits per heavy atom. The molecule has 0 aromatic heterocycles.